The summed E-state index contributed by atoms with van der Waals surface area (Å²) in [4.78, 5) is 18.2. The lowest BCUT2D eigenvalue weighted by Gasteiger charge is -2.25. The second kappa shape index (κ2) is 10.8. The number of aliphatic hydroxyl groups excluding tert-OH is 1. The van der Waals surface area contributed by atoms with Gasteiger partial charge in [-0.2, -0.15) is 0 Å². The molecule has 3 N–H and O–H groups in total. The van der Waals surface area contributed by atoms with Crippen LogP contribution in [-0.2, 0) is 27.9 Å². The first kappa shape index (κ1) is 30.2. The number of hydrogen-bond acceptors (Lipinski definition) is 8. The Morgan fingerprint density at radius 2 is 1.88 bits per heavy atom. The van der Waals surface area contributed by atoms with Gasteiger partial charge in [-0.05, 0) is 55.2 Å². The molecule has 228 valence electrons. The zero-order chi connectivity index (χ0) is 31.3. The molecule has 43 heavy (non-hydrogen) atoms. The van der Waals surface area contributed by atoms with Crippen LogP contribution in [-0.4, -0.2) is 63.9 Å². The van der Waals surface area contributed by atoms with Crippen molar-refractivity contribution in [3.05, 3.63) is 65.2 Å². The number of imidazole rings is 1. The quantitative estimate of drug-likeness (QED) is 0.245. The summed E-state index contributed by atoms with van der Waals surface area (Å²) >= 11 is 0. The zero-order valence-corrected chi connectivity index (χ0v) is 26.2. The van der Waals surface area contributed by atoms with E-state index in [9.17, 15) is 18.3 Å². The van der Waals surface area contributed by atoms with Gasteiger partial charge in [0, 0.05) is 23.4 Å². The van der Waals surface area contributed by atoms with Crippen LogP contribution in [0.25, 0.3) is 17.1 Å². The normalized spacial score (nSPS) is 14.4. The van der Waals surface area contributed by atoms with Crippen molar-refractivity contribution in [3.8, 4) is 22.8 Å². The second-order valence-corrected chi connectivity index (χ2v) is 13.9. The molecule has 0 aliphatic heterocycles. The molecule has 1 aliphatic rings. The third kappa shape index (κ3) is 6.00. The van der Waals surface area contributed by atoms with E-state index in [0.717, 1.165) is 36.2 Å². The first-order valence-electron chi connectivity index (χ1n) is 13.8. The lowest BCUT2D eigenvalue weighted by atomic mass is 9.85. The van der Waals surface area contributed by atoms with Gasteiger partial charge in [-0.3, -0.25) is 9.52 Å². The molecule has 0 atom stereocenters. The Balaban J connectivity index is 1.47. The molecule has 0 saturated heterocycles. The van der Waals surface area contributed by atoms with Crippen LogP contribution in [0.1, 0.15) is 60.9 Å². The highest BCUT2D eigenvalue weighted by Gasteiger charge is 2.43. The Bertz CT molecular complexity index is 1820. The first-order valence-corrected chi connectivity index (χ1v) is 15.7. The number of hydrogen-bond donors (Lipinski definition) is 3. The fourth-order valence-electron chi connectivity index (χ4n) is 5.01. The summed E-state index contributed by atoms with van der Waals surface area (Å²) in [6, 6.07) is 8.49. The number of nitrogens with one attached hydrogen (secondary N) is 2. The fraction of sp³-hybridized carbons (Fsp3) is 0.400. The van der Waals surface area contributed by atoms with E-state index in [1.54, 1.807) is 28.9 Å². The van der Waals surface area contributed by atoms with Crippen molar-refractivity contribution in [2.75, 3.05) is 30.0 Å². The van der Waals surface area contributed by atoms with Crippen molar-refractivity contribution < 1.29 is 23.1 Å². The highest BCUT2D eigenvalue weighted by Crippen LogP contribution is 2.47. The monoisotopic (exact) mass is 607 g/mol. The number of anilines is 2. The number of aryl methyl sites for hydroxylation is 1. The molecule has 2 aromatic carbocycles. The van der Waals surface area contributed by atoms with E-state index in [4.69, 9.17) is 4.74 Å². The lowest BCUT2D eigenvalue weighted by Crippen LogP contribution is -2.23. The summed E-state index contributed by atoms with van der Waals surface area (Å²) in [5.74, 6) is 0.724. The third-order valence-corrected chi connectivity index (χ3v) is 8.61. The van der Waals surface area contributed by atoms with Crippen LogP contribution in [0.4, 0.5) is 11.4 Å². The van der Waals surface area contributed by atoms with E-state index in [-0.39, 0.29) is 29.1 Å². The molecule has 0 unspecified atom stereocenters. The third-order valence-electron chi connectivity index (χ3n) is 8.02. The molecule has 0 bridgehead atoms. The van der Waals surface area contributed by atoms with E-state index in [0.29, 0.717) is 22.5 Å². The van der Waals surface area contributed by atoms with Crippen molar-refractivity contribution in [1.29, 1.82) is 0 Å². The summed E-state index contributed by atoms with van der Waals surface area (Å²) in [7, 11) is -0.296. The van der Waals surface area contributed by atoms with Gasteiger partial charge in [0.25, 0.3) is 5.91 Å². The van der Waals surface area contributed by atoms with Gasteiger partial charge in [-0.1, -0.05) is 32.1 Å². The van der Waals surface area contributed by atoms with Crippen molar-refractivity contribution >= 4 is 27.3 Å². The molecule has 5 rings (SSSR count). The number of methoxy groups -OCH3 is 1. The number of aliphatic hydroxyl groups is 1. The summed E-state index contributed by atoms with van der Waals surface area (Å²) in [6.45, 7) is 7.54. The lowest BCUT2D eigenvalue weighted by molar-refractivity contribution is 0.102. The van der Waals surface area contributed by atoms with E-state index in [1.165, 1.54) is 7.11 Å². The number of carbonyl (C=O) groups excluding carboxylic acids is 1. The Kier molecular flexibility index (Phi) is 7.59. The van der Waals surface area contributed by atoms with Gasteiger partial charge in [-0.15, -0.1) is 5.10 Å². The minimum atomic E-state index is -3.67. The number of carbonyl (C=O) groups is 1. The largest absolute Gasteiger partial charge is 0.492 e. The van der Waals surface area contributed by atoms with Gasteiger partial charge in [-0.25, -0.2) is 18.1 Å². The highest BCUT2D eigenvalue weighted by atomic mass is 32.2. The smallest absolute Gasteiger partial charge is 0.255 e. The number of nitrogens with zero attached hydrogens (tertiary/aromatic N) is 5. The average molecular weight is 608 g/mol. The van der Waals surface area contributed by atoms with Crippen molar-refractivity contribution in [3.63, 3.8) is 0 Å². The molecule has 2 aromatic heterocycles. The van der Waals surface area contributed by atoms with E-state index in [2.05, 4.69) is 36.8 Å². The fourth-order valence-corrected chi connectivity index (χ4v) is 5.56. The average Bonchev–Trinajstić information content (AvgIpc) is 3.30. The first-order chi connectivity index (χ1) is 20.2. The van der Waals surface area contributed by atoms with Gasteiger partial charge >= 0.3 is 0 Å². The standard InChI is InChI=1S/C30H37N7O5S/c1-18-8-9-19(12-24(18)37-16-23(33-35-37)25-15-31-28(36(25)5)30(4)10-11-30)27(39)32-21-13-20(29(2,3)17-38)14-22(26(21)42-6)34-43(7,40)41/h8-9,12-16,34,38H,10-11,17H2,1-7H3,(H,32,39). The van der Waals surface area contributed by atoms with Crippen LogP contribution in [0.5, 0.6) is 5.75 Å². The number of aromatic nitrogens is 5. The molecule has 1 aliphatic carbocycles. The maximum absolute atomic E-state index is 13.6. The van der Waals surface area contributed by atoms with E-state index in [1.807, 2.05) is 46.3 Å². The number of amides is 1. The van der Waals surface area contributed by atoms with Crippen molar-refractivity contribution in [2.24, 2.45) is 7.05 Å². The van der Waals surface area contributed by atoms with Crippen LogP contribution in [0.3, 0.4) is 0 Å². The SMILES string of the molecule is COc1c(NC(=O)c2ccc(C)c(-n3cc(-c4cnc(C5(C)CC5)n4C)nn3)c2)cc(C(C)(C)CO)cc1NS(C)(=O)=O. The van der Waals surface area contributed by atoms with E-state index >= 15 is 0 Å². The van der Waals surface area contributed by atoms with Crippen molar-refractivity contribution in [2.45, 2.75) is 51.4 Å². The molecule has 0 radical (unpaired) electrons. The van der Waals surface area contributed by atoms with Crippen LogP contribution < -0.4 is 14.8 Å². The maximum atomic E-state index is 13.6. The zero-order valence-electron chi connectivity index (χ0n) is 25.4. The van der Waals surface area contributed by atoms with Gasteiger partial charge in [0.05, 0.1) is 55.1 Å². The molecular weight excluding hydrogens is 570 g/mol. The predicted octanol–water partition coefficient (Wildman–Crippen LogP) is 3.93. The molecule has 2 heterocycles. The number of ether oxygens (including phenoxy) is 1. The molecular formula is C30H37N7O5S. The highest BCUT2D eigenvalue weighted by molar-refractivity contribution is 7.92. The molecule has 1 fully saturated rings. The topological polar surface area (TPSA) is 153 Å². The van der Waals surface area contributed by atoms with Gasteiger partial charge < -0.3 is 19.7 Å². The maximum Gasteiger partial charge on any atom is 0.255 e. The van der Waals surface area contributed by atoms with Crippen LogP contribution in [0.15, 0.2) is 42.7 Å². The minimum absolute atomic E-state index is 0.110. The minimum Gasteiger partial charge on any atom is -0.492 e. The van der Waals surface area contributed by atoms with Crippen molar-refractivity contribution in [1.82, 2.24) is 24.5 Å². The predicted molar refractivity (Wildman–Crippen MR) is 164 cm³/mol. The molecule has 1 amide bonds. The number of rotatable bonds is 10. The Labute approximate surface area is 251 Å². The number of sulfonamides is 1. The molecule has 0 spiro atoms. The Morgan fingerprint density at radius 1 is 1.19 bits per heavy atom. The molecule has 12 nitrogen and oxygen atoms in total. The van der Waals surface area contributed by atoms with Gasteiger partial charge in [0.15, 0.2) is 5.75 Å². The Hall–Kier alpha value is -4.23. The summed E-state index contributed by atoms with van der Waals surface area (Å²) < 4.78 is 35.9. The van der Waals surface area contributed by atoms with Crippen LogP contribution in [0.2, 0.25) is 0 Å². The second-order valence-electron chi connectivity index (χ2n) is 12.1. The van der Waals surface area contributed by atoms with Gasteiger partial charge in [0.2, 0.25) is 10.0 Å². The van der Waals surface area contributed by atoms with Crippen LogP contribution >= 0.6 is 0 Å². The summed E-state index contributed by atoms with van der Waals surface area (Å²) in [6.07, 6.45) is 6.88. The van der Waals surface area contributed by atoms with Gasteiger partial charge in [0.1, 0.15) is 11.5 Å². The molecule has 4 aromatic rings. The summed E-state index contributed by atoms with van der Waals surface area (Å²) in [5.41, 5.74) is 3.80. The van der Waals surface area contributed by atoms with E-state index < -0.39 is 21.3 Å². The molecule has 13 heteroatoms. The summed E-state index contributed by atoms with van der Waals surface area (Å²) in [5, 5.41) is 21.6. The van der Waals surface area contributed by atoms with Crippen LogP contribution in [0, 0.1) is 6.92 Å². The Morgan fingerprint density at radius 3 is 2.51 bits per heavy atom. The molecule has 1 saturated carbocycles. The number of benzene rings is 2.